The second-order valence-corrected chi connectivity index (χ2v) is 2.98. The monoisotopic (exact) mass is 148 g/mol. The summed E-state index contributed by atoms with van der Waals surface area (Å²) in [5.41, 5.74) is 0.846. The van der Waals surface area contributed by atoms with Crippen LogP contribution in [0.4, 0.5) is 0 Å². The van der Waals surface area contributed by atoms with Crippen molar-refractivity contribution in [3.63, 3.8) is 0 Å². The number of hydrogen-bond donors (Lipinski definition) is 0. The molecule has 1 unspecified atom stereocenters. The Morgan fingerprint density at radius 1 is 1.82 bits per heavy atom. The number of nitrogens with zero attached hydrogens (tertiary/aromatic N) is 2. The standard InChI is InChI=1S/C9H12N2/c1-3-8-4-5-11-7-9(8,2)6-10/h4-5H,3,7H2,1-2H3. The molecule has 0 bridgehead atoms. The highest BCUT2D eigenvalue weighted by Crippen LogP contribution is 2.30. The van der Waals surface area contributed by atoms with Crippen LogP contribution in [-0.4, -0.2) is 12.8 Å². The van der Waals surface area contributed by atoms with E-state index < -0.39 is 0 Å². The van der Waals surface area contributed by atoms with E-state index in [1.807, 2.05) is 13.0 Å². The van der Waals surface area contributed by atoms with Gasteiger partial charge in [-0.25, -0.2) is 0 Å². The Morgan fingerprint density at radius 2 is 2.55 bits per heavy atom. The lowest BCUT2D eigenvalue weighted by molar-refractivity contribution is 0.524. The molecule has 1 aliphatic rings. The summed E-state index contributed by atoms with van der Waals surface area (Å²) >= 11 is 0. The van der Waals surface area contributed by atoms with Gasteiger partial charge >= 0.3 is 0 Å². The summed E-state index contributed by atoms with van der Waals surface area (Å²) in [7, 11) is 0. The summed E-state index contributed by atoms with van der Waals surface area (Å²) in [5.74, 6) is 0. The van der Waals surface area contributed by atoms with Crippen LogP contribution in [0.2, 0.25) is 0 Å². The van der Waals surface area contributed by atoms with Crippen molar-refractivity contribution in [1.82, 2.24) is 0 Å². The van der Waals surface area contributed by atoms with Crippen molar-refractivity contribution in [3.8, 4) is 6.07 Å². The Labute approximate surface area is 67.3 Å². The number of allylic oxidation sites excluding steroid dienone is 1. The van der Waals surface area contributed by atoms with Crippen molar-refractivity contribution < 1.29 is 0 Å². The normalized spacial score (nSPS) is 29.4. The molecule has 2 heteroatoms. The van der Waals surface area contributed by atoms with Crippen LogP contribution in [0.3, 0.4) is 0 Å². The lowest BCUT2D eigenvalue weighted by Crippen LogP contribution is -2.23. The molecule has 0 aromatic heterocycles. The average Bonchev–Trinajstić information content (AvgIpc) is 2.05. The van der Waals surface area contributed by atoms with E-state index in [2.05, 4.69) is 18.0 Å². The van der Waals surface area contributed by atoms with E-state index in [1.54, 1.807) is 6.21 Å². The van der Waals surface area contributed by atoms with Gasteiger partial charge in [-0.05, 0) is 25.0 Å². The highest BCUT2D eigenvalue weighted by Gasteiger charge is 2.28. The highest BCUT2D eigenvalue weighted by atomic mass is 14.7. The third-order valence-corrected chi connectivity index (χ3v) is 2.13. The van der Waals surface area contributed by atoms with Crippen LogP contribution in [0, 0.1) is 16.7 Å². The van der Waals surface area contributed by atoms with Crippen LogP contribution in [0.15, 0.2) is 16.6 Å². The topological polar surface area (TPSA) is 36.1 Å². The summed E-state index contributed by atoms with van der Waals surface area (Å²) < 4.78 is 0. The van der Waals surface area contributed by atoms with Crippen LogP contribution in [0.1, 0.15) is 20.3 Å². The molecule has 0 amide bonds. The minimum Gasteiger partial charge on any atom is -0.291 e. The molecule has 1 heterocycles. The smallest absolute Gasteiger partial charge is 0.0952 e. The lowest BCUT2D eigenvalue weighted by Gasteiger charge is -2.24. The first-order valence-corrected chi connectivity index (χ1v) is 3.83. The minimum absolute atomic E-state index is 0.344. The van der Waals surface area contributed by atoms with E-state index in [1.165, 1.54) is 5.57 Å². The van der Waals surface area contributed by atoms with Crippen molar-refractivity contribution in [3.05, 3.63) is 11.6 Å². The summed E-state index contributed by atoms with van der Waals surface area (Å²) in [6, 6.07) is 2.30. The number of dihydropyridines is 1. The summed E-state index contributed by atoms with van der Waals surface area (Å²) in [5, 5.41) is 8.89. The summed E-state index contributed by atoms with van der Waals surface area (Å²) in [6.45, 7) is 4.63. The maximum Gasteiger partial charge on any atom is 0.0952 e. The molecule has 58 valence electrons. The first kappa shape index (κ1) is 8.00. The fourth-order valence-electron chi connectivity index (χ4n) is 1.28. The molecule has 11 heavy (non-hydrogen) atoms. The molecule has 0 radical (unpaired) electrons. The zero-order valence-electron chi connectivity index (χ0n) is 6.96. The van der Waals surface area contributed by atoms with Gasteiger partial charge in [0.2, 0.25) is 0 Å². The van der Waals surface area contributed by atoms with Gasteiger partial charge in [0.05, 0.1) is 18.0 Å². The Morgan fingerprint density at radius 3 is 3.00 bits per heavy atom. The van der Waals surface area contributed by atoms with Crippen molar-refractivity contribution in [1.29, 1.82) is 5.26 Å². The molecular formula is C9H12N2. The molecule has 1 rings (SSSR count). The van der Waals surface area contributed by atoms with E-state index in [-0.39, 0.29) is 5.41 Å². The van der Waals surface area contributed by atoms with Crippen molar-refractivity contribution in [2.24, 2.45) is 10.4 Å². The average molecular weight is 148 g/mol. The first-order chi connectivity index (χ1) is 5.23. The van der Waals surface area contributed by atoms with Gasteiger partial charge in [0, 0.05) is 6.21 Å². The lowest BCUT2D eigenvalue weighted by atomic mass is 9.81. The Balaban J connectivity index is 2.94. The van der Waals surface area contributed by atoms with E-state index in [0.717, 1.165) is 6.42 Å². The SMILES string of the molecule is CCC1=CC=NCC1(C)C#N. The number of aliphatic imine (C=N–C) groups is 1. The molecule has 0 aromatic rings. The Hall–Kier alpha value is -1.10. The molecule has 0 fully saturated rings. The van der Waals surface area contributed by atoms with Crippen molar-refractivity contribution in [2.45, 2.75) is 20.3 Å². The Kier molecular flexibility index (Phi) is 2.09. The van der Waals surface area contributed by atoms with Crippen molar-refractivity contribution in [2.75, 3.05) is 6.54 Å². The predicted molar refractivity (Wildman–Crippen MR) is 45.5 cm³/mol. The van der Waals surface area contributed by atoms with Crippen molar-refractivity contribution >= 4 is 6.21 Å². The zero-order chi connectivity index (χ0) is 8.32. The molecule has 0 aromatic carbocycles. The van der Waals surface area contributed by atoms with Gasteiger partial charge in [-0.2, -0.15) is 5.26 Å². The molecule has 1 aliphatic heterocycles. The number of rotatable bonds is 1. The molecule has 0 spiro atoms. The molecule has 1 atom stereocenters. The summed E-state index contributed by atoms with van der Waals surface area (Å²) in [6.07, 6.45) is 4.68. The summed E-state index contributed by atoms with van der Waals surface area (Å²) in [4.78, 5) is 4.08. The van der Waals surface area contributed by atoms with Gasteiger partial charge in [-0.3, -0.25) is 4.99 Å². The van der Waals surface area contributed by atoms with Crippen LogP contribution in [0.25, 0.3) is 0 Å². The molecule has 0 saturated heterocycles. The van der Waals surface area contributed by atoms with Crippen LogP contribution in [-0.2, 0) is 0 Å². The molecular weight excluding hydrogens is 136 g/mol. The molecule has 0 N–H and O–H groups in total. The van der Waals surface area contributed by atoms with E-state index in [0.29, 0.717) is 6.54 Å². The van der Waals surface area contributed by atoms with Crippen LogP contribution in [0.5, 0.6) is 0 Å². The second-order valence-electron chi connectivity index (χ2n) is 2.98. The van der Waals surface area contributed by atoms with Crippen LogP contribution < -0.4 is 0 Å². The predicted octanol–water partition coefficient (Wildman–Crippen LogP) is 1.94. The van der Waals surface area contributed by atoms with Gasteiger partial charge in [0.15, 0.2) is 0 Å². The quantitative estimate of drug-likeness (QED) is 0.559. The third kappa shape index (κ3) is 1.32. The van der Waals surface area contributed by atoms with E-state index in [4.69, 9.17) is 5.26 Å². The Bertz CT molecular complexity index is 245. The zero-order valence-corrected chi connectivity index (χ0v) is 6.96. The second kappa shape index (κ2) is 2.87. The van der Waals surface area contributed by atoms with Gasteiger partial charge in [0.25, 0.3) is 0 Å². The fourth-order valence-corrected chi connectivity index (χ4v) is 1.28. The largest absolute Gasteiger partial charge is 0.291 e. The van der Waals surface area contributed by atoms with Gasteiger partial charge in [-0.15, -0.1) is 0 Å². The van der Waals surface area contributed by atoms with Crippen LogP contribution >= 0.6 is 0 Å². The van der Waals surface area contributed by atoms with Gasteiger partial charge < -0.3 is 0 Å². The third-order valence-electron chi connectivity index (χ3n) is 2.13. The molecule has 0 saturated carbocycles. The van der Waals surface area contributed by atoms with E-state index in [9.17, 15) is 0 Å². The molecule has 2 nitrogen and oxygen atoms in total. The van der Waals surface area contributed by atoms with Gasteiger partial charge in [-0.1, -0.05) is 6.92 Å². The first-order valence-electron chi connectivity index (χ1n) is 3.83. The minimum atomic E-state index is -0.344. The maximum atomic E-state index is 8.89. The highest BCUT2D eigenvalue weighted by molar-refractivity contribution is 5.74. The van der Waals surface area contributed by atoms with E-state index >= 15 is 0 Å². The number of hydrogen-bond acceptors (Lipinski definition) is 2. The maximum absolute atomic E-state index is 8.89. The number of nitriles is 1. The van der Waals surface area contributed by atoms with Gasteiger partial charge in [0.1, 0.15) is 0 Å². The molecule has 0 aliphatic carbocycles. The fraction of sp³-hybridized carbons (Fsp3) is 0.556.